The van der Waals surface area contributed by atoms with Gasteiger partial charge in [-0.05, 0) is 88.6 Å². The monoisotopic (exact) mass is 707 g/mol. The molecule has 0 spiro atoms. The maximum Gasteiger partial charge on any atom is 0.305 e. The Kier molecular flexibility index (Phi) is 41.9. The van der Waals surface area contributed by atoms with E-state index < -0.39 is 0 Å². The molecule has 49 heavy (non-hydrogen) atoms. The lowest BCUT2D eigenvalue weighted by Crippen LogP contribution is -2.07. The summed E-state index contributed by atoms with van der Waals surface area (Å²) in [4.78, 5) is 24.0. The second-order valence-electron chi connectivity index (χ2n) is 14.1. The SMILES string of the molecule is CCCCCCCC/C=C\CCCCCCCCOC(=O)CCCSCCCC(=O)OCCCCCCCC/C=C\CCCCCCCC. The molecule has 0 aromatic rings. The molecule has 288 valence electrons. The van der Waals surface area contributed by atoms with Crippen molar-refractivity contribution in [3.63, 3.8) is 0 Å². The van der Waals surface area contributed by atoms with E-state index in [1.54, 1.807) is 0 Å². The quantitative estimate of drug-likeness (QED) is 0.0361. The number of esters is 2. The van der Waals surface area contributed by atoms with E-state index >= 15 is 0 Å². The van der Waals surface area contributed by atoms with Crippen LogP contribution < -0.4 is 0 Å². The molecule has 0 unspecified atom stereocenters. The minimum Gasteiger partial charge on any atom is -0.466 e. The van der Waals surface area contributed by atoms with Crippen LogP contribution in [0.2, 0.25) is 0 Å². The smallest absolute Gasteiger partial charge is 0.305 e. The van der Waals surface area contributed by atoms with Crippen molar-refractivity contribution in [1.82, 2.24) is 0 Å². The molecule has 0 aliphatic heterocycles. The molecular weight excluding hydrogens is 625 g/mol. The van der Waals surface area contributed by atoms with Gasteiger partial charge >= 0.3 is 11.9 Å². The maximum absolute atomic E-state index is 12.0. The zero-order chi connectivity index (χ0) is 35.6. The molecule has 0 rings (SSSR count). The number of rotatable bonds is 40. The number of carbonyl (C=O) groups is 2. The van der Waals surface area contributed by atoms with Crippen molar-refractivity contribution < 1.29 is 19.1 Å². The molecular formula is C44H82O4S. The first-order valence-electron chi connectivity index (χ1n) is 21.4. The fourth-order valence-electron chi connectivity index (χ4n) is 5.95. The van der Waals surface area contributed by atoms with Gasteiger partial charge in [0.25, 0.3) is 0 Å². The number of allylic oxidation sites excluding steroid dienone is 4. The van der Waals surface area contributed by atoms with Crippen molar-refractivity contribution in [1.29, 1.82) is 0 Å². The average Bonchev–Trinajstić information content (AvgIpc) is 3.10. The number of hydrogen-bond donors (Lipinski definition) is 0. The highest BCUT2D eigenvalue weighted by molar-refractivity contribution is 7.99. The molecule has 0 N–H and O–H groups in total. The molecule has 0 radical (unpaired) electrons. The average molecular weight is 707 g/mol. The maximum atomic E-state index is 12.0. The van der Waals surface area contributed by atoms with Crippen LogP contribution in [0.4, 0.5) is 0 Å². The number of ether oxygens (including phenoxy) is 2. The molecule has 0 aromatic carbocycles. The lowest BCUT2D eigenvalue weighted by molar-refractivity contribution is -0.144. The van der Waals surface area contributed by atoms with Crippen molar-refractivity contribution in [3.05, 3.63) is 24.3 Å². The first kappa shape index (κ1) is 47.8. The van der Waals surface area contributed by atoms with E-state index in [1.807, 2.05) is 11.8 Å². The molecule has 0 heterocycles. The van der Waals surface area contributed by atoms with Crippen LogP contribution in [-0.2, 0) is 19.1 Å². The Morgan fingerprint density at radius 2 is 0.673 bits per heavy atom. The highest BCUT2D eigenvalue weighted by atomic mass is 32.2. The Balaban J connectivity index is 3.29. The van der Waals surface area contributed by atoms with Gasteiger partial charge in [-0.3, -0.25) is 9.59 Å². The molecule has 4 nitrogen and oxygen atoms in total. The van der Waals surface area contributed by atoms with Crippen LogP contribution in [0.3, 0.4) is 0 Å². The summed E-state index contributed by atoms with van der Waals surface area (Å²) in [5.74, 6) is 1.74. The van der Waals surface area contributed by atoms with Crippen molar-refractivity contribution in [2.75, 3.05) is 24.7 Å². The summed E-state index contributed by atoms with van der Waals surface area (Å²) in [7, 11) is 0. The van der Waals surface area contributed by atoms with E-state index in [0.717, 1.165) is 50.0 Å². The van der Waals surface area contributed by atoms with Crippen molar-refractivity contribution in [3.8, 4) is 0 Å². The van der Waals surface area contributed by atoms with Gasteiger partial charge < -0.3 is 9.47 Å². The molecule has 0 saturated heterocycles. The molecule has 0 bridgehead atoms. The zero-order valence-corrected chi connectivity index (χ0v) is 33.6. The third kappa shape index (κ3) is 42.9. The van der Waals surface area contributed by atoms with Crippen LogP contribution >= 0.6 is 11.8 Å². The summed E-state index contributed by atoms with van der Waals surface area (Å²) in [5.41, 5.74) is 0. The number of thioether (sulfide) groups is 1. The largest absolute Gasteiger partial charge is 0.466 e. The molecule has 0 saturated carbocycles. The van der Waals surface area contributed by atoms with Gasteiger partial charge in [0.2, 0.25) is 0 Å². The van der Waals surface area contributed by atoms with Crippen LogP contribution in [0.1, 0.15) is 219 Å². The van der Waals surface area contributed by atoms with E-state index in [1.165, 1.54) is 154 Å². The van der Waals surface area contributed by atoms with Crippen LogP contribution in [0.5, 0.6) is 0 Å². The van der Waals surface area contributed by atoms with Gasteiger partial charge in [0.1, 0.15) is 0 Å². The Labute approximate surface area is 310 Å². The Morgan fingerprint density at radius 1 is 0.388 bits per heavy atom. The molecule has 0 amide bonds. The van der Waals surface area contributed by atoms with Crippen LogP contribution in [-0.4, -0.2) is 36.7 Å². The van der Waals surface area contributed by atoms with Gasteiger partial charge in [-0.2, -0.15) is 11.8 Å². The fourth-order valence-corrected chi connectivity index (χ4v) is 6.86. The third-order valence-corrected chi connectivity index (χ3v) is 10.3. The lowest BCUT2D eigenvalue weighted by atomic mass is 10.1. The number of carbonyl (C=O) groups excluding carboxylic acids is 2. The third-order valence-electron chi connectivity index (χ3n) is 9.18. The first-order chi connectivity index (χ1) is 24.2. The summed E-state index contributed by atoms with van der Waals surface area (Å²) in [6, 6.07) is 0. The minimum atomic E-state index is -0.0665. The molecule has 5 heteroatoms. The summed E-state index contributed by atoms with van der Waals surface area (Å²) < 4.78 is 10.8. The van der Waals surface area contributed by atoms with Crippen molar-refractivity contribution in [2.45, 2.75) is 219 Å². The van der Waals surface area contributed by atoms with Gasteiger partial charge in [0.15, 0.2) is 0 Å². The predicted octanol–water partition coefficient (Wildman–Crippen LogP) is 14.4. The molecule has 0 atom stereocenters. The second-order valence-corrected chi connectivity index (χ2v) is 15.4. The number of hydrogen-bond acceptors (Lipinski definition) is 5. The van der Waals surface area contributed by atoms with Crippen molar-refractivity contribution in [2.24, 2.45) is 0 Å². The Morgan fingerprint density at radius 3 is 1.00 bits per heavy atom. The Bertz CT molecular complexity index is 674. The molecule has 0 aliphatic carbocycles. The van der Waals surface area contributed by atoms with Gasteiger partial charge in [-0.15, -0.1) is 0 Å². The lowest BCUT2D eigenvalue weighted by Gasteiger charge is -2.06. The van der Waals surface area contributed by atoms with E-state index in [-0.39, 0.29) is 11.9 Å². The second kappa shape index (κ2) is 42.9. The highest BCUT2D eigenvalue weighted by Gasteiger charge is 2.05. The minimum absolute atomic E-state index is 0.0665. The van der Waals surface area contributed by atoms with Gasteiger partial charge in [0.05, 0.1) is 13.2 Å². The summed E-state index contributed by atoms with van der Waals surface area (Å²) in [5, 5.41) is 0. The van der Waals surface area contributed by atoms with E-state index in [0.29, 0.717) is 26.1 Å². The topological polar surface area (TPSA) is 52.6 Å². The van der Waals surface area contributed by atoms with Gasteiger partial charge in [-0.25, -0.2) is 0 Å². The van der Waals surface area contributed by atoms with Gasteiger partial charge in [-0.1, -0.05) is 154 Å². The highest BCUT2D eigenvalue weighted by Crippen LogP contribution is 2.13. The fraction of sp³-hybridized carbons (Fsp3) is 0.864. The van der Waals surface area contributed by atoms with Crippen molar-refractivity contribution >= 4 is 23.7 Å². The Hall–Kier alpha value is -1.23. The normalized spacial score (nSPS) is 11.6. The van der Waals surface area contributed by atoms with Crippen LogP contribution in [0.15, 0.2) is 24.3 Å². The number of unbranched alkanes of at least 4 members (excludes halogenated alkanes) is 24. The van der Waals surface area contributed by atoms with E-state index in [2.05, 4.69) is 38.2 Å². The summed E-state index contributed by atoms with van der Waals surface area (Å²) in [6.45, 7) is 5.67. The van der Waals surface area contributed by atoms with Gasteiger partial charge in [0, 0.05) is 12.8 Å². The summed E-state index contributed by atoms with van der Waals surface area (Å²) >= 11 is 1.81. The standard InChI is InChI=1S/C44H82O4S/c1-3-5-7-9-11-13-15-17-19-21-23-25-27-29-31-33-39-47-43(45)37-35-41-49-42-36-38-44(46)48-40-34-32-30-28-26-24-22-20-18-16-14-12-10-8-6-4-2/h17-20H,3-16,21-42H2,1-2H3/b19-17-,20-18-. The van der Waals surface area contributed by atoms with E-state index in [4.69, 9.17) is 9.47 Å². The molecule has 0 aliphatic rings. The predicted molar refractivity (Wildman–Crippen MR) is 217 cm³/mol. The van der Waals surface area contributed by atoms with Crippen LogP contribution in [0.25, 0.3) is 0 Å². The van der Waals surface area contributed by atoms with E-state index in [9.17, 15) is 9.59 Å². The zero-order valence-electron chi connectivity index (χ0n) is 32.8. The first-order valence-corrected chi connectivity index (χ1v) is 22.5. The molecule has 0 fully saturated rings. The summed E-state index contributed by atoms with van der Waals surface area (Å²) in [6.07, 6.45) is 48.2. The molecule has 0 aromatic heterocycles. The van der Waals surface area contributed by atoms with Crippen LogP contribution in [0, 0.1) is 0 Å².